The Morgan fingerprint density at radius 3 is 2.27 bits per heavy atom. The van der Waals surface area contributed by atoms with Gasteiger partial charge in [0.05, 0.1) is 11.7 Å². The molecule has 0 radical (unpaired) electrons. The highest BCUT2D eigenvalue weighted by Gasteiger charge is 2.38. The van der Waals surface area contributed by atoms with Crippen LogP contribution in [0, 0.1) is 0 Å². The number of hydrogen-bond donors (Lipinski definition) is 1. The van der Waals surface area contributed by atoms with Crippen molar-refractivity contribution in [1.82, 2.24) is 0 Å². The summed E-state index contributed by atoms with van der Waals surface area (Å²) in [5.74, 6) is -0.141. The fourth-order valence-electron chi connectivity index (χ4n) is 1.95. The van der Waals surface area contributed by atoms with Gasteiger partial charge in [-0.1, -0.05) is 18.2 Å². The molecule has 0 spiro atoms. The Bertz CT molecular complexity index is 353. The molecule has 0 amide bonds. The first-order chi connectivity index (χ1) is 6.98. The molecular weight excluding hydrogens is 205 g/mol. The van der Waals surface area contributed by atoms with Crippen LogP contribution in [-0.2, 0) is 6.18 Å². The van der Waals surface area contributed by atoms with Crippen LogP contribution in [0.2, 0.25) is 0 Å². The van der Waals surface area contributed by atoms with Crippen LogP contribution in [0.1, 0.15) is 29.9 Å². The zero-order valence-electron chi connectivity index (χ0n) is 7.96. The molecule has 1 aromatic rings. The van der Waals surface area contributed by atoms with E-state index in [4.69, 9.17) is 5.11 Å². The molecule has 1 aromatic carbocycles. The molecule has 1 saturated carbocycles. The van der Waals surface area contributed by atoms with Gasteiger partial charge in [0.1, 0.15) is 0 Å². The molecule has 0 atom stereocenters. The van der Waals surface area contributed by atoms with Gasteiger partial charge in [-0.05, 0) is 30.4 Å². The smallest absolute Gasteiger partial charge is 0.393 e. The van der Waals surface area contributed by atoms with Gasteiger partial charge in [-0.25, -0.2) is 0 Å². The quantitative estimate of drug-likeness (QED) is 0.765. The monoisotopic (exact) mass is 216 g/mol. The summed E-state index contributed by atoms with van der Waals surface area (Å²) < 4.78 is 37.8. The van der Waals surface area contributed by atoms with Crippen molar-refractivity contribution < 1.29 is 18.3 Å². The Labute approximate surface area is 85.5 Å². The van der Waals surface area contributed by atoms with Crippen molar-refractivity contribution in [2.75, 3.05) is 0 Å². The van der Waals surface area contributed by atoms with Crippen LogP contribution in [0.5, 0.6) is 0 Å². The first-order valence-corrected chi connectivity index (χ1v) is 4.82. The molecular formula is C11H11F3O. The van der Waals surface area contributed by atoms with Crippen LogP contribution in [0.15, 0.2) is 24.3 Å². The van der Waals surface area contributed by atoms with Gasteiger partial charge in [-0.15, -0.1) is 0 Å². The summed E-state index contributed by atoms with van der Waals surface area (Å²) in [6.07, 6.45) is -3.85. The number of aliphatic hydroxyl groups excluding tert-OH is 1. The molecule has 0 saturated heterocycles. The SMILES string of the molecule is OC1CC(c2ccccc2C(F)(F)F)C1. The van der Waals surface area contributed by atoms with Crippen LogP contribution in [0.4, 0.5) is 13.2 Å². The molecule has 4 heteroatoms. The number of benzene rings is 1. The van der Waals surface area contributed by atoms with Gasteiger partial charge in [0.2, 0.25) is 0 Å². The Balaban J connectivity index is 2.31. The molecule has 1 aliphatic rings. The molecule has 1 fully saturated rings. The average Bonchev–Trinajstić information content (AvgIpc) is 2.12. The maximum atomic E-state index is 12.6. The van der Waals surface area contributed by atoms with E-state index in [1.165, 1.54) is 12.1 Å². The molecule has 1 aliphatic carbocycles. The largest absolute Gasteiger partial charge is 0.416 e. The highest BCUT2D eigenvalue weighted by atomic mass is 19.4. The summed E-state index contributed by atoms with van der Waals surface area (Å²) >= 11 is 0. The third kappa shape index (κ3) is 2.00. The van der Waals surface area contributed by atoms with E-state index in [9.17, 15) is 13.2 Å². The molecule has 0 heterocycles. The van der Waals surface area contributed by atoms with Crippen molar-refractivity contribution >= 4 is 0 Å². The van der Waals surface area contributed by atoms with Crippen LogP contribution in [-0.4, -0.2) is 11.2 Å². The maximum Gasteiger partial charge on any atom is 0.416 e. The second kappa shape index (κ2) is 3.52. The second-order valence-corrected chi connectivity index (χ2v) is 3.91. The number of alkyl halides is 3. The zero-order chi connectivity index (χ0) is 11.1. The molecule has 1 nitrogen and oxygen atoms in total. The Hall–Kier alpha value is -1.03. The summed E-state index contributed by atoms with van der Waals surface area (Å²) in [6.45, 7) is 0. The minimum absolute atomic E-state index is 0.141. The number of halogens is 3. The van der Waals surface area contributed by atoms with Gasteiger partial charge in [-0.3, -0.25) is 0 Å². The van der Waals surface area contributed by atoms with Crippen LogP contribution < -0.4 is 0 Å². The summed E-state index contributed by atoms with van der Waals surface area (Å²) in [5.41, 5.74) is -0.253. The maximum absolute atomic E-state index is 12.6. The van der Waals surface area contributed by atoms with Gasteiger partial charge < -0.3 is 5.11 Å². The van der Waals surface area contributed by atoms with Gasteiger partial charge in [-0.2, -0.15) is 13.2 Å². The molecule has 0 unspecified atom stereocenters. The number of aliphatic hydroxyl groups is 1. The molecule has 0 aliphatic heterocycles. The van der Waals surface area contributed by atoms with E-state index < -0.39 is 17.8 Å². The number of hydrogen-bond acceptors (Lipinski definition) is 1. The third-order valence-corrected chi connectivity index (χ3v) is 2.82. The predicted octanol–water partition coefficient (Wildman–Crippen LogP) is 2.94. The Morgan fingerprint density at radius 1 is 1.13 bits per heavy atom. The summed E-state index contributed by atoms with van der Waals surface area (Å²) in [5, 5.41) is 9.09. The fraction of sp³-hybridized carbons (Fsp3) is 0.455. The van der Waals surface area contributed by atoms with E-state index in [1.807, 2.05) is 0 Å². The van der Waals surface area contributed by atoms with Crippen molar-refractivity contribution in [3.63, 3.8) is 0 Å². The predicted molar refractivity (Wildman–Crippen MR) is 49.4 cm³/mol. The summed E-state index contributed by atoms with van der Waals surface area (Å²) in [7, 11) is 0. The standard InChI is InChI=1S/C11H11F3O/c12-11(13,14)10-4-2-1-3-9(10)7-5-8(15)6-7/h1-4,7-8,15H,5-6H2. The normalized spacial score (nSPS) is 26.1. The molecule has 1 N–H and O–H groups in total. The van der Waals surface area contributed by atoms with E-state index in [0.29, 0.717) is 18.4 Å². The van der Waals surface area contributed by atoms with E-state index >= 15 is 0 Å². The fourth-order valence-corrected chi connectivity index (χ4v) is 1.95. The lowest BCUT2D eigenvalue weighted by Gasteiger charge is -2.33. The first kappa shape index (κ1) is 10.5. The van der Waals surface area contributed by atoms with Gasteiger partial charge >= 0.3 is 6.18 Å². The topological polar surface area (TPSA) is 20.2 Å². The molecule has 0 bridgehead atoms. The van der Waals surface area contributed by atoms with Crippen molar-refractivity contribution in [1.29, 1.82) is 0 Å². The summed E-state index contributed by atoms with van der Waals surface area (Å²) in [6, 6.07) is 5.59. The van der Waals surface area contributed by atoms with E-state index in [2.05, 4.69) is 0 Å². The Kier molecular flexibility index (Phi) is 2.46. The lowest BCUT2D eigenvalue weighted by molar-refractivity contribution is -0.138. The van der Waals surface area contributed by atoms with Crippen LogP contribution in [0.25, 0.3) is 0 Å². The average molecular weight is 216 g/mol. The van der Waals surface area contributed by atoms with E-state index in [-0.39, 0.29) is 5.92 Å². The number of rotatable bonds is 1. The van der Waals surface area contributed by atoms with Crippen LogP contribution >= 0.6 is 0 Å². The lowest BCUT2D eigenvalue weighted by atomic mass is 9.76. The second-order valence-electron chi connectivity index (χ2n) is 3.91. The zero-order valence-corrected chi connectivity index (χ0v) is 7.96. The highest BCUT2D eigenvalue weighted by molar-refractivity contribution is 5.34. The highest BCUT2D eigenvalue weighted by Crippen LogP contribution is 2.42. The van der Waals surface area contributed by atoms with E-state index in [1.54, 1.807) is 6.07 Å². The summed E-state index contributed by atoms with van der Waals surface area (Å²) in [4.78, 5) is 0. The van der Waals surface area contributed by atoms with Crippen molar-refractivity contribution in [2.45, 2.75) is 31.0 Å². The van der Waals surface area contributed by atoms with Crippen LogP contribution in [0.3, 0.4) is 0 Å². The molecule has 2 rings (SSSR count). The molecule has 15 heavy (non-hydrogen) atoms. The van der Waals surface area contributed by atoms with E-state index in [0.717, 1.165) is 6.07 Å². The van der Waals surface area contributed by atoms with Crippen molar-refractivity contribution in [3.8, 4) is 0 Å². The van der Waals surface area contributed by atoms with Gasteiger partial charge in [0, 0.05) is 0 Å². The Morgan fingerprint density at radius 2 is 1.73 bits per heavy atom. The molecule has 82 valence electrons. The minimum Gasteiger partial charge on any atom is -0.393 e. The first-order valence-electron chi connectivity index (χ1n) is 4.82. The third-order valence-electron chi connectivity index (χ3n) is 2.82. The van der Waals surface area contributed by atoms with Gasteiger partial charge in [0.25, 0.3) is 0 Å². The van der Waals surface area contributed by atoms with Crippen molar-refractivity contribution in [3.05, 3.63) is 35.4 Å². The lowest BCUT2D eigenvalue weighted by Crippen LogP contribution is -2.28. The van der Waals surface area contributed by atoms with Crippen molar-refractivity contribution in [2.24, 2.45) is 0 Å². The minimum atomic E-state index is -4.29. The molecule has 0 aromatic heterocycles. The van der Waals surface area contributed by atoms with Gasteiger partial charge in [0.15, 0.2) is 0 Å².